The lowest BCUT2D eigenvalue weighted by molar-refractivity contribution is 0.0988. The smallest absolute Gasteiger partial charge is 0.200 e. The van der Waals surface area contributed by atoms with Crippen LogP contribution in [-0.2, 0) is 0 Å². The molecule has 3 rings (SSSR count). The van der Waals surface area contributed by atoms with E-state index in [-0.39, 0.29) is 11.2 Å². The molecule has 1 heterocycles. The molecule has 0 aliphatic heterocycles. The summed E-state index contributed by atoms with van der Waals surface area (Å²) < 4.78 is 5.68. The molecule has 0 saturated heterocycles. The summed E-state index contributed by atoms with van der Waals surface area (Å²) in [5.41, 5.74) is 1.53. The summed E-state index contributed by atoms with van der Waals surface area (Å²) in [7, 11) is 0. The number of fused-ring (bicyclic) bond motifs is 2. The van der Waals surface area contributed by atoms with Crippen LogP contribution in [0.4, 0.5) is 0 Å². The van der Waals surface area contributed by atoms with E-state index in [9.17, 15) is 9.59 Å². The zero-order valence-electron chi connectivity index (χ0n) is 10.5. The first-order valence-corrected chi connectivity index (χ1v) is 6.19. The van der Waals surface area contributed by atoms with Gasteiger partial charge in [-0.1, -0.05) is 19.1 Å². The van der Waals surface area contributed by atoms with Crippen molar-refractivity contribution in [2.45, 2.75) is 13.3 Å². The number of carbonyl (C=O) groups excluding carboxylic acids is 1. The van der Waals surface area contributed by atoms with Gasteiger partial charge in [0.15, 0.2) is 5.78 Å². The fourth-order valence-electron chi connectivity index (χ4n) is 2.18. The Balaban J connectivity index is 2.40. The zero-order chi connectivity index (χ0) is 13.4. The molecule has 0 atom stereocenters. The molecule has 0 N–H and O–H groups in total. The minimum absolute atomic E-state index is 0.0226. The third-order valence-electron chi connectivity index (χ3n) is 3.22. The van der Waals surface area contributed by atoms with Crippen molar-refractivity contribution in [2.75, 3.05) is 0 Å². The molecule has 3 aromatic rings. The second kappa shape index (κ2) is 4.35. The minimum Gasteiger partial charge on any atom is -0.456 e. The molecule has 0 aliphatic carbocycles. The average Bonchev–Trinajstić information content (AvgIpc) is 2.46. The largest absolute Gasteiger partial charge is 0.456 e. The van der Waals surface area contributed by atoms with E-state index >= 15 is 0 Å². The van der Waals surface area contributed by atoms with Gasteiger partial charge in [-0.05, 0) is 30.3 Å². The third-order valence-corrected chi connectivity index (χ3v) is 3.22. The number of para-hydroxylation sites is 1. The highest BCUT2D eigenvalue weighted by Crippen LogP contribution is 2.19. The van der Waals surface area contributed by atoms with Crippen LogP contribution in [0.5, 0.6) is 0 Å². The van der Waals surface area contributed by atoms with Crippen molar-refractivity contribution >= 4 is 27.7 Å². The van der Waals surface area contributed by atoms with Crippen molar-refractivity contribution in [2.24, 2.45) is 0 Å². The Morgan fingerprint density at radius 3 is 2.58 bits per heavy atom. The molecule has 0 fully saturated rings. The maximum Gasteiger partial charge on any atom is 0.200 e. The predicted octanol–water partition coefficient (Wildman–Crippen LogP) is 3.54. The Kier molecular flexibility index (Phi) is 2.67. The van der Waals surface area contributed by atoms with E-state index in [2.05, 4.69) is 0 Å². The van der Waals surface area contributed by atoms with Gasteiger partial charge in [0.05, 0.1) is 10.8 Å². The van der Waals surface area contributed by atoms with Gasteiger partial charge in [0.2, 0.25) is 5.43 Å². The van der Waals surface area contributed by atoms with Crippen LogP contribution in [0.15, 0.2) is 51.7 Å². The molecule has 0 amide bonds. The van der Waals surface area contributed by atoms with Gasteiger partial charge in [-0.15, -0.1) is 0 Å². The molecule has 0 radical (unpaired) electrons. The van der Waals surface area contributed by atoms with Crippen molar-refractivity contribution in [1.82, 2.24) is 0 Å². The summed E-state index contributed by atoms with van der Waals surface area (Å²) in [4.78, 5) is 24.1. The summed E-state index contributed by atoms with van der Waals surface area (Å²) >= 11 is 0. The lowest BCUT2D eigenvalue weighted by atomic mass is 10.1. The maximum atomic E-state index is 12.4. The van der Waals surface area contributed by atoms with E-state index in [0.29, 0.717) is 33.9 Å². The summed E-state index contributed by atoms with van der Waals surface area (Å²) in [5.74, 6) is 0.0226. The lowest BCUT2D eigenvalue weighted by Crippen LogP contribution is -2.04. The van der Waals surface area contributed by atoms with E-state index in [1.54, 1.807) is 43.3 Å². The highest BCUT2D eigenvalue weighted by atomic mass is 16.3. The quantitative estimate of drug-likeness (QED) is 0.517. The van der Waals surface area contributed by atoms with Crippen LogP contribution in [0.3, 0.4) is 0 Å². The monoisotopic (exact) mass is 252 g/mol. The summed E-state index contributed by atoms with van der Waals surface area (Å²) in [6, 6.07) is 12.1. The highest BCUT2D eigenvalue weighted by Gasteiger charge is 2.10. The van der Waals surface area contributed by atoms with Crippen LogP contribution in [0.25, 0.3) is 21.9 Å². The summed E-state index contributed by atoms with van der Waals surface area (Å²) in [6.45, 7) is 1.80. The normalized spacial score (nSPS) is 11.0. The molecule has 1 aromatic heterocycles. The van der Waals surface area contributed by atoms with E-state index in [4.69, 9.17) is 4.42 Å². The summed E-state index contributed by atoms with van der Waals surface area (Å²) in [5, 5.41) is 0.995. The molecule has 3 nitrogen and oxygen atoms in total. The highest BCUT2D eigenvalue weighted by molar-refractivity contribution is 6.00. The van der Waals surface area contributed by atoms with Crippen LogP contribution in [-0.4, -0.2) is 5.78 Å². The van der Waals surface area contributed by atoms with Crippen molar-refractivity contribution in [3.8, 4) is 0 Å². The van der Waals surface area contributed by atoms with Crippen molar-refractivity contribution in [3.05, 3.63) is 58.3 Å². The second-order valence-electron chi connectivity index (χ2n) is 4.42. The van der Waals surface area contributed by atoms with Gasteiger partial charge in [-0.25, -0.2) is 0 Å². The van der Waals surface area contributed by atoms with Crippen molar-refractivity contribution in [1.29, 1.82) is 0 Å². The van der Waals surface area contributed by atoms with Crippen LogP contribution < -0.4 is 5.43 Å². The zero-order valence-corrected chi connectivity index (χ0v) is 10.5. The first-order chi connectivity index (χ1) is 9.20. The molecule has 0 spiro atoms. The van der Waals surface area contributed by atoms with Crippen LogP contribution in [0.1, 0.15) is 23.7 Å². The SMILES string of the molecule is CCC(=O)c1ccc2oc3ccccc3c(=O)c2c1. The second-order valence-corrected chi connectivity index (χ2v) is 4.42. The fourth-order valence-corrected chi connectivity index (χ4v) is 2.18. The molecule has 0 saturated carbocycles. The number of hydrogen-bond donors (Lipinski definition) is 0. The molecule has 94 valence electrons. The van der Waals surface area contributed by atoms with E-state index < -0.39 is 0 Å². The van der Waals surface area contributed by atoms with E-state index in [0.717, 1.165) is 0 Å². The first-order valence-electron chi connectivity index (χ1n) is 6.19. The molecule has 2 aromatic carbocycles. The Bertz CT molecular complexity index is 843. The molecular formula is C16H12O3. The van der Waals surface area contributed by atoms with Crippen LogP contribution in [0.2, 0.25) is 0 Å². The van der Waals surface area contributed by atoms with Gasteiger partial charge in [-0.3, -0.25) is 9.59 Å². The standard InChI is InChI=1S/C16H12O3/c1-2-13(17)10-7-8-15-12(9-10)16(18)11-5-3-4-6-14(11)19-15/h3-9H,2H2,1H3. The average molecular weight is 252 g/mol. The lowest BCUT2D eigenvalue weighted by Gasteiger charge is -2.03. The van der Waals surface area contributed by atoms with Crippen molar-refractivity contribution < 1.29 is 9.21 Å². The fraction of sp³-hybridized carbons (Fsp3) is 0.125. The van der Waals surface area contributed by atoms with Gasteiger partial charge in [0.25, 0.3) is 0 Å². The van der Waals surface area contributed by atoms with E-state index in [1.807, 2.05) is 6.07 Å². The Hall–Kier alpha value is -2.42. The molecule has 0 unspecified atom stereocenters. The number of rotatable bonds is 2. The van der Waals surface area contributed by atoms with Gasteiger partial charge < -0.3 is 4.42 Å². The number of hydrogen-bond acceptors (Lipinski definition) is 3. The molecule has 0 bridgehead atoms. The molecular weight excluding hydrogens is 240 g/mol. The van der Waals surface area contributed by atoms with Crippen LogP contribution >= 0.6 is 0 Å². The predicted molar refractivity (Wildman–Crippen MR) is 74.6 cm³/mol. The number of ketones is 1. The van der Waals surface area contributed by atoms with E-state index in [1.165, 1.54) is 0 Å². The number of benzene rings is 2. The molecule has 3 heteroatoms. The van der Waals surface area contributed by atoms with Gasteiger partial charge in [-0.2, -0.15) is 0 Å². The Labute approximate surface area is 109 Å². The Morgan fingerprint density at radius 2 is 1.79 bits per heavy atom. The van der Waals surface area contributed by atoms with Crippen LogP contribution in [0, 0.1) is 0 Å². The maximum absolute atomic E-state index is 12.4. The van der Waals surface area contributed by atoms with Gasteiger partial charge >= 0.3 is 0 Å². The number of carbonyl (C=O) groups is 1. The molecule has 19 heavy (non-hydrogen) atoms. The molecule has 0 aliphatic rings. The Morgan fingerprint density at radius 1 is 1.05 bits per heavy atom. The minimum atomic E-state index is -0.0948. The topological polar surface area (TPSA) is 47.3 Å². The van der Waals surface area contributed by atoms with Gasteiger partial charge in [0.1, 0.15) is 11.2 Å². The van der Waals surface area contributed by atoms with Gasteiger partial charge in [0, 0.05) is 12.0 Å². The first kappa shape index (κ1) is 11.7. The third kappa shape index (κ3) is 1.83. The van der Waals surface area contributed by atoms with Crippen molar-refractivity contribution in [3.63, 3.8) is 0 Å². The number of Topliss-reactive ketones (excluding diaryl/α,β-unsaturated/α-hetero) is 1. The summed E-state index contributed by atoms with van der Waals surface area (Å²) in [6.07, 6.45) is 0.421.